The zero-order chi connectivity index (χ0) is 24.5. The summed E-state index contributed by atoms with van der Waals surface area (Å²) in [4.78, 5) is 42.8. The van der Waals surface area contributed by atoms with E-state index in [1.165, 1.54) is 12.0 Å². The molecule has 2 heterocycles. The third kappa shape index (κ3) is 4.99. The first-order valence-electron chi connectivity index (χ1n) is 10.9. The van der Waals surface area contributed by atoms with Gasteiger partial charge < -0.3 is 15.2 Å². The van der Waals surface area contributed by atoms with Crippen LogP contribution < -0.4 is 5.32 Å². The second kappa shape index (κ2) is 9.21. The fraction of sp³-hybridized carbons (Fsp3) is 0.440. The van der Waals surface area contributed by atoms with E-state index in [4.69, 9.17) is 9.72 Å². The van der Waals surface area contributed by atoms with Gasteiger partial charge in [-0.1, -0.05) is 46.8 Å². The Hall–Kier alpha value is -3.42. The van der Waals surface area contributed by atoms with E-state index < -0.39 is 17.5 Å². The number of hydrogen-bond acceptors (Lipinski definition) is 5. The minimum atomic E-state index is -0.995. The van der Waals surface area contributed by atoms with Crippen molar-refractivity contribution in [1.29, 1.82) is 0 Å². The average Bonchev–Trinajstić information content (AvgIpc) is 3.15. The summed E-state index contributed by atoms with van der Waals surface area (Å²) in [5, 5.41) is 12.6. The first kappa shape index (κ1) is 24.2. The van der Waals surface area contributed by atoms with Crippen LogP contribution in [0.2, 0.25) is 0 Å². The number of ether oxygens (including phenoxy) is 1. The maximum atomic E-state index is 13.2. The van der Waals surface area contributed by atoms with E-state index in [2.05, 4.69) is 5.32 Å². The number of carbonyl (C=O) groups is 3. The molecule has 0 saturated carbocycles. The quantitative estimate of drug-likeness (QED) is 0.654. The SMILES string of the molecule is COC(=O)c1ccc(CNC(=O)c2cc3c(nc2C(C)(C)C)C(C(C)C)N(C(=O)O)C3)cc1. The topological polar surface area (TPSA) is 109 Å². The van der Waals surface area contributed by atoms with Crippen LogP contribution >= 0.6 is 0 Å². The Kier molecular flexibility index (Phi) is 6.76. The van der Waals surface area contributed by atoms with E-state index in [0.717, 1.165) is 16.8 Å². The zero-order valence-electron chi connectivity index (χ0n) is 19.9. The van der Waals surface area contributed by atoms with Gasteiger partial charge in [-0.2, -0.15) is 0 Å². The van der Waals surface area contributed by atoms with Crippen LogP contribution in [0.4, 0.5) is 4.79 Å². The molecular formula is C25H31N3O5. The Morgan fingerprint density at radius 1 is 1.21 bits per heavy atom. The first-order chi connectivity index (χ1) is 15.4. The number of hydrogen-bond donors (Lipinski definition) is 2. The van der Waals surface area contributed by atoms with Crippen molar-refractivity contribution in [2.75, 3.05) is 7.11 Å². The number of carbonyl (C=O) groups excluding carboxylic acids is 2. The van der Waals surface area contributed by atoms with Crippen LogP contribution in [0.15, 0.2) is 30.3 Å². The molecule has 1 aliphatic rings. The molecule has 2 aromatic rings. The van der Waals surface area contributed by atoms with Crippen molar-refractivity contribution in [1.82, 2.24) is 15.2 Å². The summed E-state index contributed by atoms with van der Waals surface area (Å²) in [5.74, 6) is -0.642. The number of pyridine rings is 1. The summed E-state index contributed by atoms with van der Waals surface area (Å²) >= 11 is 0. The minimum absolute atomic E-state index is 0.0512. The van der Waals surface area contributed by atoms with Gasteiger partial charge in [0.2, 0.25) is 0 Å². The average molecular weight is 454 g/mol. The van der Waals surface area contributed by atoms with E-state index in [-0.39, 0.29) is 31.0 Å². The lowest BCUT2D eigenvalue weighted by Crippen LogP contribution is -2.31. The molecular weight excluding hydrogens is 422 g/mol. The fourth-order valence-electron chi connectivity index (χ4n) is 4.14. The molecule has 8 nitrogen and oxygen atoms in total. The lowest BCUT2D eigenvalue weighted by molar-refractivity contribution is 0.0600. The third-order valence-corrected chi connectivity index (χ3v) is 5.75. The largest absolute Gasteiger partial charge is 0.465 e. The second-order valence-corrected chi connectivity index (χ2v) is 9.65. The Morgan fingerprint density at radius 3 is 2.36 bits per heavy atom. The van der Waals surface area contributed by atoms with Gasteiger partial charge in [0.15, 0.2) is 0 Å². The van der Waals surface area contributed by atoms with E-state index in [9.17, 15) is 19.5 Å². The fourth-order valence-corrected chi connectivity index (χ4v) is 4.14. The molecule has 0 aliphatic carbocycles. The Bertz CT molecular complexity index is 1070. The summed E-state index contributed by atoms with van der Waals surface area (Å²) in [6.45, 7) is 10.4. The van der Waals surface area contributed by atoms with Gasteiger partial charge in [-0.15, -0.1) is 0 Å². The molecule has 33 heavy (non-hydrogen) atoms. The molecule has 1 atom stereocenters. The van der Waals surface area contributed by atoms with Crippen molar-refractivity contribution < 1.29 is 24.2 Å². The standard InChI is InChI=1S/C25H31N3O5/c1-14(2)20-19-17(13-28(20)24(31)32)11-18(21(27-19)25(3,4)5)22(29)26-12-15-7-9-16(10-8-15)23(30)33-6/h7-11,14,20H,12-13H2,1-6H3,(H,26,29)(H,31,32). The van der Waals surface area contributed by atoms with Crippen LogP contribution in [0.3, 0.4) is 0 Å². The van der Waals surface area contributed by atoms with Crippen molar-refractivity contribution in [2.45, 2.75) is 59.2 Å². The van der Waals surface area contributed by atoms with Gasteiger partial charge in [-0.3, -0.25) is 14.7 Å². The number of rotatable bonds is 5. The van der Waals surface area contributed by atoms with Gasteiger partial charge in [0.05, 0.1) is 42.2 Å². The number of nitrogens with zero attached hydrogens (tertiary/aromatic N) is 2. The molecule has 176 valence electrons. The van der Waals surface area contributed by atoms with E-state index in [1.807, 2.05) is 34.6 Å². The van der Waals surface area contributed by atoms with Crippen LogP contribution in [-0.4, -0.2) is 40.1 Å². The first-order valence-corrected chi connectivity index (χ1v) is 10.9. The molecule has 0 radical (unpaired) electrons. The molecule has 0 saturated heterocycles. The number of nitrogens with one attached hydrogen (secondary N) is 1. The normalized spacial score (nSPS) is 15.4. The number of carboxylic acid groups (broad SMARTS) is 1. The molecule has 0 spiro atoms. The highest BCUT2D eigenvalue weighted by Crippen LogP contribution is 2.40. The summed E-state index contributed by atoms with van der Waals surface area (Å²) in [7, 11) is 1.33. The summed E-state index contributed by atoms with van der Waals surface area (Å²) in [6, 6.07) is 8.27. The van der Waals surface area contributed by atoms with Crippen LogP contribution in [0, 0.1) is 5.92 Å². The molecule has 2 N–H and O–H groups in total. The van der Waals surface area contributed by atoms with Gasteiger partial charge in [-0.05, 0) is 35.2 Å². The Labute approximate surface area is 194 Å². The maximum Gasteiger partial charge on any atom is 0.408 e. The number of esters is 1. The van der Waals surface area contributed by atoms with Crippen LogP contribution in [0.1, 0.15) is 83.9 Å². The molecule has 0 bridgehead atoms. The van der Waals surface area contributed by atoms with Crippen molar-refractivity contribution in [3.63, 3.8) is 0 Å². The van der Waals surface area contributed by atoms with Crippen LogP contribution in [0.5, 0.6) is 0 Å². The predicted molar refractivity (Wildman–Crippen MR) is 123 cm³/mol. The maximum absolute atomic E-state index is 13.2. The van der Waals surface area contributed by atoms with E-state index in [1.54, 1.807) is 30.3 Å². The number of fused-ring (bicyclic) bond motifs is 1. The Balaban J connectivity index is 1.90. The van der Waals surface area contributed by atoms with Crippen LogP contribution in [0.25, 0.3) is 0 Å². The second-order valence-electron chi connectivity index (χ2n) is 9.65. The summed E-state index contributed by atoms with van der Waals surface area (Å²) < 4.78 is 4.70. The van der Waals surface area contributed by atoms with E-state index >= 15 is 0 Å². The lowest BCUT2D eigenvalue weighted by atomic mass is 9.86. The van der Waals surface area contributed by atoms with Crippen molar-refractivity contribution in [3.8, 4) is 0 Å². The lowest BCUT2D eigenvalue weighted by Gasteiger charge is -2.26. The molecule has 1 aromatic carbocycles. The number of amides is 2. The number of methoxy groups -OCH3 is 1. The van der Waals surface area contributed by atoms with Crippen molar-refractivity contribution in [2.24, 2.45) is 5.92 Å². The molecule has 8 heteroatoms. The van der Waals surface area contributed by atoms with Gasteiger partial charge in [-0.25, -0.2) is 9.59 Å². The summed E-state index contributed by atoms with van der Waals surface area (Å²) in [5.41, 5.74) is 3.43. The van der Waals surface area contributed by atoms with Gasteiger partial charge in [0.25, 0.3) is 5.91 Å². The Morgan fingerprint density at radius 2 is 1.85 bits per heavy atom. The highest BCUT2D eigenvalue weighted by molar-refractivity contribution is 5.96. The minimum Gasteiger partial charge on any atom is -0.465 e. The van der Waals surface area contributed by atoms with Gasteiger partial charge in [0.1, 0.15) is 0 Å². The zero-order valence-corrected chi connectivity index (χ0v) is 19.9. The monoisotopic (exact) mass is 453 g/mol. The molecule has 1 aliphatic heterocycles. The molecule has 3 rings (SSSR count). The third-order valence-electron chi connectivity index (χ3n) is 5.75. The summed E-state index contributed by atoms with van der Waals surface area (Å²) in [6.07, 6.45) is -0.995. The molecule has 0 fully saturated rings. The smallest absolute Gasteiger partial charge is 0.408 e. The number of aromatic nitrogens is 1. The van der Waals surface area contributed by atoms with E-state index in [0.29, 0.717) is 16.8 Å². The van der Waals surface area contributed by atoms with Crippen LogP contribution in [-0.2, 0) is 23.2 Å². The van der Waals surface area contributed by atoms with Gasteiger partial charge >= 0.3 is 12.1 Å². The van der Waals surface area contributed by atoms with Crippen molar-refractivity contribution in [3.05, 3.63) is 64.0 Å². The molecule has 2 amide bonds. The highest BCUT2D eigenvalue weighted by Gasteiger charge is 2.39. The van der Waals surface area contributed by atoms with Crippen molar-refractivity contribution >= 4 is 18.0 Å². The predicted octanol–water partition coefficient (Wildman–Crippen LogP) is 4.29. The van der Waals surface area contributed by atoms with Gasteiger partial charge in [0, 0.05) is 12.0 Å². The number of benzene rings is 1. The molecule has 1 unspecified atom stereocenters. The highest BCUT2D eigenvalue weighted by atomic mass is 16.5. The molecule has 1 aromatic heterocycles.